The molecule has 150 valence electrons. The van der Waals surface area contributed by atoms with Gasteiger partial charge in [-0.1, -0.05) is 5.16 Å². The number of aryl methyl sites for hydroxylation is 3. The number of fused-ring (bicyclic) bond motifs is 1. The van der Waals surface area contributed by atoms with Crippen molar-refractivity contribution >= 4 is 17.7 Å². The average molecular weight is 404 g/mol. The van der Waals surface area contributed by atoms with Crippen molar-refractivity contribution in [1.82, 2.24) is 24.7 Å². The van der Waals surface area contributed by atoms with Crippen LogP contribution >= 0.6 is 11.8 Å². The molecule has 8 nitrogen and oxygen atoms in total. The second-order valence-electron chi connectivity index (χ2n) is 7.31. The Kier molecular flexibility index (Phi) is 5.54. The summed E-state index contributed by atoms with van der Waals surface area (Å²) in [6, 6.07) is 1.74. The SMILES string of the molecule is Cc1noc(C)c1C(=O)N1CCN(CCn2nc3c(cc2=O)CSCC3)CC1. The lowest BCUT2D eigenvalue weighted by Gasteiger charge is -2.34. The van der Waals surface area contributed by atoms with Crippen molar-refractivity contribution in [1.29, 1.82) is 0 Å². The predicted octanol–water partition coefficient (Wildman–Crippen LogP) is 1.10. The average Bonchev–Trinajstić information content (AvgIpc) is 3.04. The number of piperazine rings is 1. The molecule has 28 heavy (non-hydrogen) atoms. The van der Waals surface area contributed by atoms with Crippen LogP contribution in [0.2, 0.25) is 0 Å². The summed E-state index contributed by atoms with van der Waals surface area (Å²) >= 11 is 1.85. The highest BCUT2D eigenvalue weighted by Crippen LogP contribution is 2.21. The Balaban J connectivity index is 1.33. The molecular formula is C19H25N5O3S. The first kappa shape index (κ1) is 19.2. The molecule has 0 spiro atoms. The Morgan fingerprint density at radius 2 is 2.00 bits per heavy atom. The van der Waals surface area contributed by atoms with Crippen LogP contribution in [0.4, 0.5) is 0 Å². The van der Waals surface area contributed by atoms with E-state index < -0.39 is 0 Å². The molecule has 4 heterocycles. The smallest absolute Gasteiger partial charge is 0.267 e. The maximum atomic E-state index is 12.7. The summed E-state index contributed by atoms with van der Waals surface area (Å²) in [4.78, 5) is 29.2. The van der Waals surface area contributed by atoms with Gasteiger partial charge in [-0.15, -0.1) is 0 Å². The van der Waals surface area contributed by atoms with Crippen LogP contribution in [0.15, 0.2) is 15.4 Å². The second kappa shape index (κ2) is 8.08. The van der Waals surface area contributed by atoms with E-state index in [0.717, 1.165) is 48.8 Å². The van der Waals surface area contributed by atoms with E-state index in [0.29, 0.717) is 36.7 Å². The molecule has 0 atom stereocenters. The number of nitrogens with zero attached hydrogens (tertiary/aromatic N) is 5. The van der Waals surface area contributed by atoms with Gasteiger partial charge in [0, 0.05) is 51.0 Å². The Morgan fingerprint density at radius 1 is 1.21 bits per heavy atom. The van der Waals surface area contributed by atoms with Gasteiger partial charge in [-0.05, 0) is 25.2 Å². The van der Waals surface area contributed by atoms with Gasteiger partial charge < -0.3 is 9.42 Å². The van der Waals surface area contributed by atoms with Gasteiger partial charge in [0.1, 0.15) is 11.3 Å². The van der Waals surface area contributed by atoms with E-state index in [9.17, 15) is 9.59 Å². The zero-order valence-corrected chi connectivity index (χ0v) is 17.1. The van der Waals surface area contributed by atoms with Crippen LogP contribution in [0.5, 0.6) is 0 Å². The Bertz CT molecular complexity index is 911. The van der Waals surface area contributed by atoms with Gasteiger partial charge in [0.15, 0.2) is 0 Å². The molecule has 0 aliphatic carbocycles. The van der Waals surface area contributed by atoms with Crippen molar-refractivity contribution in [2.45, 2.75) is 32.6 Å². The predicted molar refractivity (Wildman–Crippen MR) is 107 cm³/mol. The largest absolute Gasteiger partial charge is 0.361 e. The number of rotatable bonds is 4. The van der Waals surface area contributed by atoms with Gasteiger partial charge in [-0.25, -0.2) is 4.68 Å². The summed E-state index contributed by atoms with van der Waals surface area (Å²) in [5.74, 6) is 2.52. The third kappa shape index (κ3) is 3.86. The number of carbonyl (C=O) groups is 1. The van der Waals surface area contributed by atoms with Crippen LogP contribution in [-0.2, 0) is 18.7 Å². The quantitative estimate of drug-likeness (QED) is 0.756. The molecule has 1 saturated heterocycles. The second-order valence-corrected chi connectivity index (χ2v) is 8.42. The van der Waals surface area contributed by atoms with Crippen LogP contribution < -0.4 is 5.56 Å². The standard InChI is InChI=1S/C19H25N5O3S/c1-13-18(14(2)27-21-13)19(26)23-7-4-22(5-8-23)6-9-24-17(25)11-15-12-28-10-3-16(15)20-24/h11H,3-10,12H2,1-2H3. The topological polar surface area (TPSA) is 84.5 Å². The fourth-order valence-electron chi connectivity index (χ4n) is 3.77. The van der Waals surface area contributed by atoms with Gasteiger partial charge in [-0.3, -0.25) is 14.5 Å². The minimum Gasteiger partial charge on any atom is -0.361 e. The number of thioether (sulfide) groups is 1. The molecule has 0 aromatic carbocycles. The van der Waals surface area contributed by atoms with Gasteiger partial charge >= 0.3 is 0 Å². The van der Waals surface area contributed by atoms with E-state index in [4.69, 9.17) is 4.52 Å². The van der Waals surface area contributed by atoms with Crippen molar-refractivity contribution < 1.29 is 9.32 Å². The Morgan fingerprint density at radius 3 is 2.71 bits per heavy atom. The molecule has 0 bridgehead atoms. The van der Waals surface area contributed by atoms with Crippen LogP contribution in [0.1, 0.15) is 33.1 Å². The number of amides is 1. The molecular weight excluding hydrogens is 378 g/mol. The summed E-state index contributed by atoms with van der Waals surface area (Å²) in [5.41, 5.74) is 3.35. The number of aromatic nitrogens is 3. The first-order valence-electron chi connectivity index (χ1n) is 9.65. The van der Waals surface area contributed by atoms with E-state index in [-0.39, 0.29) is 11.5 Å². The van der Waals surface area contributed by atoms with Crippen LogP contribution in [0.3, 0.4) is 0 Å². The van der Waals surface area contributed by atoms with E-state index in [1.54, 1.807) is 24.6 Å². The fourth-order valence-corrected chi connectivity index (χ4v) is 4.72. The first-order chi connectivity index (χ1) is 13.5. The highest BCUT2D eigenvalue weighted by atomic mass is 32.2. The molecule has 1 amide bonds. The van der Waals surface area contributed by atoms with Gasteiger partial charge in [0.2, 0.25) is 0 Å². The van der Waals surface area contributed by atoms with Gasteiger partial charge in [0.05, 0.1) is 17.9 Å². The molecule has 2 aliphatic rings. The molecule has 2 aromatic heterocycles. The fraction of sp³-hybridized carbons (Fsp3) is 0.579. The summed E-state index contributed by atoms with van der Waals surface area (Å²) in [5, 5.41) is 8.45. The molecule has 2 aliphatic heterocycles. The van der Waals surface area contributed by atoms with Crippen molar-refractivity contribution in [2.24, 2.45) is 0 Å². The summed E-state index contributed by atoms with van der Waals surface area (Å²) in [7, 11) is 0. The van der Waals surface area contributed by atoms with Crippen molar-refractivity contribution in [3.63, 3.8) is 0 Å². The van der Waals surface area contributed by atoms with Crippen molar-refractivity contribution in [3.05, 3.63) is 44.7 Å². The molecule has 4 rings (SSSR count). The van der Waals surface area contributed by atoms with Gasteiger partial charge in [-0.2, -0.15) is 16.9 Å². The molecule has 0 radical (unpaired) electrons. The maximum Gasteiger partial charge on any atom is 0.267 e. The minimum absolute atomic E-state index is 0.0126. The molecule has 0 N–H and O–H groups in total. The molecule has 9 heteroatoms. The molecule has 1 fully saturated rings. The Hall–Kier alpha value is -2.13. The highest BCUT2D eigenvalue weighted by Gasteiger charge is 2.26. The highest BCUT2D eigenvalue weighted by molar-refractivity contribution is 7.98. The van der Waals surface area contributed by atoms with E-state index in [1.165, 1.54) is 0 Å². The molecule has 0 saturated carbocycles. The molecule has 0 unspecified atom stereocenters. The third-order valence-corrected chi connectivity index (χ3v) is 6.45. The van der Waals surface area contributed by atoms with Crippen molar-refractivity contribution in [3.8, 4) is 0 Å². The number of hydrogen-bond acceptors (Lipinski definition) is 7. The third-order valence-electron chi connectivity index (χ3n) is 5.44. The van der Waals surface area contributed by atoms with Crippen LogP contribution in [0, 0.1) is 13.8 Å². The lowest BCUT2D eigenvalue weighted by atomic mass is 10.1. The lowest BCUT2D eigenvalue weighted by Crippen LogP contribution is -2.49. The number of carbonyl (C=O) groups excluding carboxylic acids is 1. The van der Waals surface area contributed by atoms with E-state index >= 15 is 0 Å². The minimum atomic E-state index is -0.0199. The monoisotopic (exact) mass is 403 g/mol. The lowest BCUT2D eigenvalue weighted by molar-refractivity contribution is 0.0629. The summed E-state index contributed by atoms with van der Waals surface area (Å²) in [6.07, 6.45) is 0.933. The van der Waals surface area contributed by atoms with Crippen LogP contribution in [-0.4, -0.2) is 69.1 Å². The molecule has 2 aromatic rings. The van der Waals surface area contributed by atoms with Gasteiger partial charge in [0.25, 0.3) is 11.5 Å². The number of hydrogen-bond donors (Lipinski definition) is 0. The first-order valence-corrected chi connectivity index (χ1v) is 10.8. The van der Waals surface area contributed by atoms with E-state index in [2.05, 4.69) is 15.2 Å². The normalized spacial score (nSPS) is 17.6. The Labute approximate surface area is 167 Å². The summed E-state index contributed by atoms with van der Waals surface area (Å²) < 4.78 is 6.71. The van der Waals surface area contributed by atoms with E-state index in [1.807, 2.05) is 16.7 Å². The summed E-state index contributed by atoms with van der Waals surface area (Å²) in [6.45, 7) is 7.79. The van der Waals surface area contributed by atoms with Crippen LogP contribution in [0.25, 0.3) is 0 Å². The maximum absolute atomic E-state index is 12.7. The zero-order valence-electron chi connectivity index (χ0n) is 16.3. The zero-order chi connectivity index (χ0) is 19.7. The van der Waals surface area contributed by atoms with Crippen molar-refractivity contribution in [2.75, 3.05) is 38.5 Å².